The Labute approximate surface area is 102 Å². The second kappa shape index (κ2) is 4.67. The molecular formula is C11H11NO4S. The van der Waals surface area contributed by atoms with Gasteiger partial charge in [0.15, 0.2) is 0 Å². The van der Waals surface area contributed by atoms with Gasteiger partial charge in [-0.3, -0.25) is 9.59 Å². The standard InChI is InChI=1S/C11H11NO4S/c13-7-3-4-12(8(6-7)11(15)16)10(14)9-2-1-5-17-9/h1-2,5,8H,3-4,6H2,(H,15,16). The molecule has 0 radical (unpaired) electrons. The fraction of sp³-hybridized carbons (Fsp3) is 0.364. The molecule has 1 saturated heterocycles. The van der Waals surface area contributed by atoms with Crippen LogP contribution in [0.5, 0.6) is 0 Å². The molecule has 1 unspecified atom stereocenters. The van der Waals surface area contributed by atoms with Gasteiger partial charge < -0.3 is 10.0 Å². The van der Waals surface area contributed by atoms with Crippen LogP contribution in [0.25, 0.3) is 0 Å². The summed E-state index contributed by atoms with van der Waals surface area (Å²) in [7, 11) is 0. The minimum absolute atomic E-state index is 0.0908. The molecular weight excluding hydrogens is 242 g/mol. The van der Waals surface area contributed by atoms with Crippen LogP contribution >= 0.6 is 11.3 Å². The summed E-state index contributed by atoms with van der Waals surface area (Å²) >= 11 is 1.27. The van der Waals surface area contributed by atoms with Gasteiger partial charge in [-0.15, -0.1) is 11.3 Å². The van der Waals surface area contributed by atoms with E-state index in [1.807, 2.05) is 0 Å². The molecule has 2 rings (SSSR count). The van der Waals surface area contributed by atoms with Gasteiger partial charge in [0, 0.05) is 19.4 Å². The smallest absolute Gasteiger partial charge is 0.326 e. The highest BCUT2D eigenvalue weighted by Gasteiger charge is 2.35. The number of likely N-dealkylation sites (tertiary alicyclic amines) is 1. The van der Waals surface area contributed by atoms with Gasteiger partial charge in [-0.1, -0.05) is 6.07 Å². The Morgan fingerprint density at radius 2 is 2.24 bits per heavy atom. The van der Waals surface area contributed by atoms with E-state index in [-0.39, 0.29) is 31.1 Å². The molecule has 2 heterocycles. The fourth-order valence-corrected chi connectivity index (χ4v) is 2.51. The highest BCUT2D eigenvalue weighted by molar-refractivity contribution is 7.12. The molecule has 0 saturated carbocycles. The van der Waals surface area contributed by atoms with Gasteiger partial charge in [-0.25, -0.2) is 4.79 Å². The molecule has 0 aromatic carbocycles. The van der Waals surface area contributed by atoms with Crippen LogP contribution in [0.1, 0.15) is 22.5 Å². The van der Waals surface area contributed by atoms with Crippen molar-refractivity contribution >= 4 is 29.0 Å². The van der Waals surface area contributed by atoms with E-state index in [1.165, 1.54) is 16.2 Å². The number of carbonyl (C=O) groups is 3. The number of carboxylic acid groups (broad SMARTS) is 1. The Balaban J connectivity index is 2.21. The Bertz CT molecular complexity index is 454. The number of nitrogens with zero attached hydrogens (tertiary/aromatic N) is 1. The highest BCUT2D eigenvalue weighted by atomic mass is 32.1. The number of piperidine rings is 1. The largest absolute Gasteiger partial charge is 0.480 e. The normalized spacial score (nSPS) is 20.4. The lowest BCUT2D eigenvalue weighted by Crippen LogP contribution is -2.50. The third-order valence-corrected chi connectivity index (χ3v) is 3.56. The zero-order chi connectivity index (χ0) is 12.4. The predicted molar refractivity (Wildman–Crippen MR) is 61.0 cm³/mol. The van der Waals surface area contributed by atoms with E-state index in [4.69, 9.17) is 5.11 Å². The lowest BCUT2D eigenvalue weighted by atomic mass is 10.0. The van der Waals surface area contributed by atoms with Crippen molar-refractivity contribution < 1.29 is 19.5 Å². The van der Waals surface area contributed by atoms with Gasteiger partial charge in [0.05, 0.1) is 4.88 Å². The topological polar surface area (TPSA) is 74.7 Å². The number of ketones is 1. The molecule has 1 aliphatic heterocycles. The summed E-state index contributed by atoms with van der Waals surface area (Å²) in [6, 6.07) is 2.37. The van der Waals surface area contributed by atoms with Gasteiger partial charge in [-0.2, -0.15) is 0 Å². The SMILES string of the molecule is O=C1CCN(C(=O)c2cccs2)C(C(=O)O)C1. The van der Waals surface area contributed by atoms with E-state index in [1.54, 1.807) is 17.5 Å². The zero-order valence-corrected chi connectivity index (χ0v) is 9.77. The summed E-state index contributed by atoms with van der Waals surface area (Å²) in [5.41, 5.74) is 0. The van der Waals surface area contributed by atoms with Crippen LogP contribution in [0, 0.1) is 0 Å². The number of rotatable bonds is 2. The Kier molecular flexibility index (Phi) is 3.23. The first-order chi connectivity index (χ1) is 8.09. The van der Waals surface area contributed by atoms with Crippen molar-refractivity contribution in [2.45, 2.75) is 18.9 Å². The number of hydrogen-bond donors (Lipinski definition) is 1. The molecule has 6 heteroatoms. The third kappa shape index (κ3) is 2.36. The number of amides is 1. The van der Waals surface area contributed by atoms with Crippen LogP contribution in [-0.4, -0.2) is 40.3 Å². The minimum atomic E-state index is -1.12. The quantitative estimate of drug-likeness (QED) is 0.853. The van der Waals surface area contributed by atoms with E-state index in [0.717, 1.165) is 0 Å². The molecule has 1 aliphatic rings. The van der Waals surface area contributed by atoms with Crippen LogP contribution in [0.4, 0.5) is 0 Å². The molecule has 17 heavy (non-hydrogen) atoms. The summed E-state index contributed by atoms with van der Waals surface area (Å²) in [4.78, 5) is 36.1. The van der Waals surface area contributed by atoms with E-state index in [9.17, 15) is 14.4 Å². The molecule has 1 aromatic rings. The molecule has 1 aromatic heterocycles. The number of carboxylic acids is 1. The minimum Gasteiger partial charge on any atom is -0.480 e. The van der Waals surface area contributed by atoms with E-state index in [0.29, 0.717) is 4.88 Å². The van der Waals surface area contributed by atoms with Crippen LogP contribution in [0.3, 0.4) is 0 Å². The van der Waals surface area contributed by atoms with Gasteiger partial charge in [-0.05, 0) is 11.4 Å². The number of hydrogen-bond acceptors (Lipinski definition) is 4. The van der Waals surface area contributed by atoms with Gasteiger partial charge in [0.1, 0.15) is 11.8 Å². The van der Waals surface area contributed by atoms with Crippen molar-refractivity contribution in [2.75, 3.05) is 6.54 Å². The van der Waals surface area contributed by atoms with Crippen molar-refractivity contribution in [3.8, 4) is 0 Å². The van der Waals surface area contributed by atoms with Crippen molar-refractivity contribution in [3.05, 3.63) is 22.4 Å². The molecule has 1 fully saturated rings. The highest BCUT2D eigenvalue weighted by Crippen LogP contribution is 2.20. The van der Waals surface area contributed by atoms with Crippen molar-refractivity contribution in [1.82, 2.24) is 4.90 Å². The summed E-state index contributed by atoms with van der Waals surface area (Å²) in [5.74, 6) is -1.53. The molecule has 0 bridgehead atoms. The average molecular weight is 253 g/mol. The lowest BCUT2D eigenvalue weighted by Gasteiger charge is -2.31. The summed E-state index contributed by atoms with van der Waals surface area (Å²) in [6.45, 7) is 0.187. The van der Waals surface area contributed by atoms with Crippen molar-refractivity contribution in [2.24, 2.45) is 0 Å². The van der Waals surface area contributed by atoms with Crippen LogP contribution < -0.4 is 0 Å². The Morgan fingerprint density at radius 3 is 2.82 bits per heavy atom. The first-order valence-corrected chi connectivity index (χ1v) is 6.06. The van der Waals surface area contributed by atoms with Crippen molar-refractivity contribution in [3.63, 3.8) is 0 Å². The fourth-order valence-electron chi connectivity index (χ4n) is 1.83. The number of Topliss-reactive ketones (excluding diaryl/α,β-unsaturated/α-hetero) is 1. The Hall–Kier alpha value is -1.69. The lowest BCUT2D eigenvalue weighted by molar-refractivity contribution is -0.146. The molecule has 90 valence electrons. The van der Waals surface area contributed by atoms with Crippen LogP contribution in [-0.2, 0) is 9.59 Å². The molecule has 1 atom stereocenters. The maximum atomic E-state index is 12.0. The molecule has 0 aliphatic carbocycles. The van der Waals surface area contributed by atoms with Crippen LogP contribution in [0.15, 0.2) is 17.5 Å². The van der Waals surface area contributed by atoms with E-state index in [2.05, 4.69) is 0 Å². The Morgan fingerprint density at radius 1 is 1.47 bits per heavy atom. The second-order valence-corrected chi connectivity index (χ2v) is 4.77. The van der Waals surface area contributed by atoms with E-state index < -0.39 is 12.0 Å². The van der Waals surface area contributed by atoms with Gasteiger partial charge >= 0.3 is 5.97 Å². The monoisotopic (exact) mass is 253 g/mol. The third-order valence-electron chi connectivity index (χ3n) is 2.71. The summed E-state index contributed by atoms with van der Waals surface area (Å²) in [6.07, 6.45) is 0.146. The second-order valence-electron chi connectivity index (χ2n) is 3.82. The van der Waals surface area contributed by atoms with Crippen LogP contribution in [0.2, 0.25) is 0 Å². The molecule has 5 nitrogen and oxygen atoms in total. The van der Waals surface area contributed by atoms with E-state index >= 15 is 0 Å². The summed E-state index contributed by atoms with van der Waals surface area (Å²) in [5, 5.41) is 10.8. The van der Waals surface area contributed by atoms with Crippen molar-refractivity contribution in [1.29, 1.82) is 0 Å². The first kappa shape index (κ1) is 11.8. The van der Waals surface area contributed by atoms with Gasteiger partial charge in [0.2, 0.25) is 0 Å². The molecule has 1 N–H and O–H groups in total. The molecule has 0 spiro atoms. The maximum Gasteiger partial charge on any atom is 0.326 e. The number of aliphatic carboxylic acids is 1. The van der Waals surface area contributed by atoms with Gasteiger partial charge in [0.25, 0.3) is 5.91 Å². The predicted octanol–water partition coefficient (Wildman–Crippen LogP) is 1.01. The number of thiophene rings is 1. The summed E-state index contributed by atoms with van der Waals surface area (Å²) < 4.78 is 0. The first-order valence-electron chi connectivity index (χ1n) is 5.18. The maximum absolute atomic E-state index is 12.0. The number of carbonyl (C=O) groups excluding carboxylic acids is 2. The average Bonchev–Trinajstić information content (AvgIpc) is 2.81. The molecule has 1 amide bonds. The zero-order valence-electron chi connectivity index (χ0n) is 8.96.